The average Bonchev–Trinajstić information content (AvgIpc) is 3.38. The molecular formula is C26H29FN4O3. The summed E-state index contributed by atoms with van der Waals surface area (Å²) >= 11 is 0. The van der Waals surface area contributed by atoms with E-state index in [1.165, 1.54) is 29.0 Å². The van der Waals surface area contributed by atoms with Crippen molar-refractivity contribution in [1.29, 1.82) is 0 Å². The van der Waals surface area contributed by atoms with E-state index in [0.29, 0.717) is 37.4 Å². The molecule has 0 radical (unpaired) electrons. The Labute approximate surface area is 198 Å². The van der Waals surface area contributed by atoms with Crippen molar-refractivity contribution in [2.45, 2.75) is 38.6 Å². The molecule has 1 N–H and O–H groups in total. The van der Waals surface area contributed by atoms with Gasteiger partial charge in [-0.2, -0.15) is 0 Å². The van der Waals surface area contributed by atoms with Crippen molar-refractivity contribution in [2.75, 3.05) is 37.7 Å². The first-order chi connectivity index (χ1) is 16.3. The van der Waals surface area contributed by atoms with Crippen LogP contribution < -0.4 is 10.2 Å². The molecule has 8 heteroatoms. The Kier molecular flexibility index (Phi) is 5.64. The van der Waals surface area contributed by atoms with Gasteiger partial charge >= 0.3 is 6.03 Å². The van der Waals surface area contributed by atoms with Crippen LogP contribution in [0.5, 0.6) is 0 Å². The van der Waals surface area contributed by atoms with Crippen LogP contribution in [0.15, 0.2) is 36.4 Å². The summed E-state index contributed by atoms with van der Waals surface area (Å²) in [5, 5.41) is 2.91. The maximum atomic E-state index is 14.5. The summed E-state index contributed by atoms with van der Waals surface area (Å²) < 4.78 is 14.5. The fourth-order valence-electron chi connectivity index (χ4n) is 5.22. The molecule has 3 aliphatic rings. The van der Waals surface area contributed by atoms with E-state index < -0.39 is 11.4 Å². The van der Waals surface area contributed by atoms with Crippen LogP contribution in [-0.4, -0.2) is 60.4 Å². The first-order valence-corrected chi connectivity index (χ1v) is 11.8. The number of benzene rings is 2. The minimum Gasteiger partial charge on any atom is -0.367 e. The zero-order chi connectivity index (χ0) is 24.0. The lowest BCUT2D eigenvalue weighted by molar-refractivity contribution is -0.132. The predicted octanol–water partition coefficient (Wildman–Crippen LogP) is 3.06. The molecule has 0 bridgehead atoms. The van der Waals surface area contributed by atoms with Crippen molar-refractivity contribution in [3.63, 3.8) is 0 Å². The first kappa shape index (κ1) is 22.5. The Morgan fingerprint density at radius 1 is 1.03 bits per heavy atom. The Hall–Kier alpha value is -3.26. The lowest BCUT2D eigenvalue weighted by Gasteiger charge is -2.37. The van der Waals surface area contributed by atoms with E-state index in [4.69, 9.17) is 0 Å². The molecule has 2 fully saturated rings. The van der Waals surface area contributed by atoms with Crippen LogP contribution in [0, 0.1) is 5.82 Å². The number of rotatable bonds is 5. The number of hydrogen-bond acceptors (Lipinski definition) is 5. The average molecular weight is 465 g/mol. The van der Waals surface area contributed by atoms with Crippen LogP contribution in [0.3, 0.4) is 0 Å². The molecule has 1 unspecified atom stereocenters. The van der Waals surface area contributed by atoms with Crippen molar-refractivity contribution in [3.8, 4) is 0 Å². The number of amides is 3. The smallest absolute Gasteiger partial charge is 0.326 e. The number of carbonyl (C=O) groups is 3. The second kappa shape index (κ2) is 8.51. The highest BCUT2D eigenvalue weighted by Crippen LogP contribution is 2.33. The standard InChI is InChI=1S/C26H29FN4O3/c1-17(32)19-7-9-23(22(27)15-19)30-12-10-29(11-13-30)16-31-24(33)26(2,28-25(31)34)21-8-6-18-4-3-5-20(18)14-21/h6-9,14-15H,3-5,10-13,16H2,1-2H3,(H,28,34). The van der Waals surface area contributed by atoms with E-state index in [2.05, 4.69) is 17.4 Å². The number of anilines is 1. The molecule has 2 aromatic rings. The highest BCUT2D eigenvalue weighted by Gasteiger charge is 2.49. The number of nitrogens with one attached hydrogen (secondary N) is 1. The SMILES string of the molecule is CC(=O)c1ccc(N2CCN(CN3C(=O)NC(C)(c4ccc5c(c4)CCC5)C3=O)CC2)c(F)c1. The largest absolute Gasteiger partial charge is 0.367 e. The molecule has 178 valence electrons. The molecule has 5 rings (SSSR count). The molecule has 2 saturated heterocycles. The number of nitrogens with zero attached hydrogens (tertiary/aromatic N) is 3. The lowest BCUT2D eigenvalue weighted by Crippen LogP contribution is -2.51. The molecule has 1 atom stereocenters. The van der Waals surface area contributed by atoms with Gasteiger partial charge in [-0.05, 0) is 68.0 Å². The van der Waals surface area contributed by atoms with Crippen LogP contribution in [-0.2, 0) is 23.2 Å². The van der Waals surface area contributed by atoms with Crippen LogP contribution in [0.25, 0.3) is 0 Å². The van der Waals surface area contributed by atoms with Gasteiger partial charge in [0.25, 0.3) is 5.91 Å². The number of aryl methyl sites for hydroxylation is 2. The molecular weight excluding hydrogens is 435 g/mol. The predicted molar refractivity (Wildman–Crippen MR) is 126 cm³/mol. The molecule has 1 aliphatic carbocycles. The number of imide groups is 1. The molecule has 3 amide bonds. The number of ketones is 1. The second-order valence-corrected chi connectivity index (χ2v) is 9.59. The first-order valence-electron chi connectivity index (χ1n) is 11.8. The summed E-state index contributed by atoms with van der Waals surface area (Å²) in [7, 11) is 0. The van der Waals surface area contributed by atoms with Gasteiger partial charge in [0.05, 0.1) is 12.4 Å². The van der Waals surface area contributed by atoms with Crippen LogP contribution in [0.4, 0.5) is 14.9 Å². The molecule has 34 heavy (non-hydrogen) atoms. The lowest BCUT2D eigenvalue weighted by atomic mass is 9.90. The third-order valence-corrected chi connectivity index (χ3v) is 7.36. The Bertz CT molecular complexity index is 1170. The van der Waals surface area contributed by atoms with Gasteiger partial charge in [-0.15, -0.1) is 0 Å². The fraction of sp³-hybridized carbons (Fsp3) is 0.423. The summed E-state index contributed by atoms with van der Waals surface area (Å²) in [5.41, 5.74) is 3.15. The van der Waals surface area contributed by atoms with Gasteiger partial charge < -0.3 is 10.2 Å². The molecule has 0 aromatic heterocycles. The summed E-state index contributed by atoms with van der Waals surface area (Å²) in [4.78, 5) is 42.9. The van der Waals surface area contributed by atoms with E-state index in [1.54, 1.807) is 19.1 Å². The Morgan fingerprint density at radius 2 is 1.76 bits per heavy atom. The number of carbonyl (C=O) groups excluding carboxylic acids is 3. The zero-order valence-corrected chi connectivity index (χ0v) is 19.6. The third kappa shape index (κ3) is 3.86. The number of piperazine rings is 1. The van der Waals surface area contributed by atoms with Gasteiger partial charge in [-0.1, -0.05) is 18.2 Å². The van der Waals surface area contributed by atoms with Crippen molar-refractivity contribution in [2.24, 2.45) is 0 Å². The van der Waals surface area contributed by atoms with Gasteiger partial charge in [0, 0.05) is 31.7 Å². The Morgan fingerprint density at radius 3 is 2.47 bits per heavy atom. The molecule has 2 aliphatic heterocycles. The highest BCUT2D eigenvalue weighted by molar-refractivity contribution is 6.07. The summed E-state index contributed by atoms with van der Waals surface area (Å²) in [6.45, 7) is 5.67. The van der Waals surface area contributed by atoms with Crippen LogP contribution in [0.2, 0.25) is 0 Å². The van der Waals surface area contributed by atoms with Crippen molar-refractivity contribution < 1.29 is 18.8 Å². The van der Waals surface area contributed by atoms with Crippen molar-refractivity contribution in [3.05, 3.63) is 64.5 Å². The second-order valence-electron chi connectivity index (χ2n) is 9.59. The number of fused-ring (bicyclic) bond motifs is 1. The molecule has 7 nitrogen and oxygen atoms in total. The minimum absolute atomic E-state index is 0.171. The van der Waals surface area contributed by atoms with Gasteiger partial charge in [0.2, 0.25) is 0 Å². The van der Waals surface area contributed by atoms with E-state index in [-0.39, 0.29) is 24.4 Å². The molecule has 2 heterocycles. The zero-order valence-electron chi connectivity index (χ0n) is 19.6. The summed E-state index contributed by atoms with van der Waals surface area (Å²) in [6.07, 6.45) is 3.20. The topological polar surface area (TPSA) is 73.0 Å². The highest BCUT2D eigenvalue weighted by atomic mass is 19.1. The van der Waals surface area contributed by atoms with Crippen LogP contribution >= 0.6 is 0 Å². The van der Waals surface area contributed by atoms with E-state index >= 15 is 0 Å². The number of Topliss-reactive ketones (excluding diaryl/α,β-unsaturated/α-hetero) is 1. The van der Waals surface area contributed by atoms with Gasteiger partial charge in [-0.25, -0.2) is 14.1 Å². The van der Waals surface area contributed by atoms with E-state index in [0.717, 1.165) is 24.8 Å². The molecule has 0 spiro atoms. The summed E-state index contributed by atoms with van der Waals surface area (Å²) in [5.74, 6) is -0.834. The monoisotopic (exact) mass is 464 g/mol. The third-order valence-electron chi connectivity index (χ3n) is 7.36. The van der Waals surface area contributed by atoms with Crippen molar-refractivity contribution in [1.82, 2.24) is 15.1 Å². The van der Waals surface area contributed by atoms with Crippen LogP contribution in [0.1, 0.15) is 47.3 Å². The molecule has 0 saturated carbocycles. The summed E-state index contributed by atoms with van der Waals surface area (Å²) in [6, 6.07) is 10.3. The van der Waals surface area contributed by atoms with Gasteiger partial charge in [0.15, 0.2) is 5.78 Å². The van der Waals surface area contributed by atoms with E-state index in [9.17, 15) is 18.8 Å². The fourth-order valence-corrected chi connectivity index (χ4v) is 5.22. The number of urea groups is 1. The van der Waals surface area contributed by atoms with E-state index in [1.807, 2.05) is 15.9 Å². The number of halogens is 1. The maximum absolute atomic E-state index is 14.5. The maximum Gasteiger partial charge on any atom is 0.326 e. The Balaban J connectivity index is 1.24. The number of hydrogen-bond donors (Lipinski definition) is 1. The van der Waals surface area contributed by atoms with Gasteiger partial charge in [-0.3, -0.25) is 14.5 Å². The quantitative estimate of drug-likeness (QED) is 0.544. The molecule has 2 aromatic carbocycles. The normalized spacial score (nSPS) is 22.8. The van der Waals surface area contributed by atoms with Crippen molar-refractivity contribution >= 4 is 23.4 Å². The minimum atomic E-state index is -1.07. The van der Waals surface area contributed by atoms with Gasteiger partial charge in [0.1, 0.15) is 11.4 Å².